The SMILES string of the molecule is CCC1CCC(C2CCCCCCCC2)CC1. The second-order valence-corrected chi connectivity index (χ2v) is 6.65. The molecular weight excluding hydrogens is 204 g/mol. The smallest absolute Gasteiger partial charge is 0.0386 e. The summed E-state index contributed by atoms with van der Waals surface area (Å²) in [5.74, 6) is 3.28. The Balaban J connectivity index is 1.78. The lowest BCUT2D eigenvalue weighted by atomic mass is 9.72. The molecule has 2 fully saturated rings. The molecule has 0 aromatic carbocycles. The summed E-state index contributed by atoms with van der Waals surface area (Å²) in [7, 11) is 0. The van der Waals surface area contributed by atoms with Gasteiger partial charge in [-0.1, -0.05) is 77.6 Å². The first-order valence-corrected chi connectivity index (χ1v) is 8.40. The molecular formula is C17H32. The van der Waals surface area contributed by atoms with E-state index in [-0.39, 0.29) is 0 Å². The molecule has 2 rings (SSSR count). The summed E-state index contributed by atoms with van der Waals surface area (Å²) in [6, 6.07) is 0. The minimum atomic E-state index is 1.07. The van der Waals surface area contributed by atoms with Crippen LogP contribution < -0.4 is 0 Å². The van der Waals surface area contributed by atoms with Crippen molar-refractivity contribution < 1.29 is 0 Å². The van der Waals surface area contributed by atoms with Crippen molar-refractivity contribution in [2.24, 2.45) is 17.8 Å². The maximum Gasteiger partial charge on any atom is -0.0386 e. The normalized spacial score (nSPS) is 33.7. The van der Waals surface area contributed by atoms with Gasteiger partial charge >= 0.3 is 0 Å². The lowest BCUT2D eigenvalue weighted by Gasteiger charge is -2.33. The van der Waals surface area contributed by atoms with E-state index >= 15 is 0 Å². The van der Waals surface area contributed by atoms with Crippen LogP contribution >= 0.6 is 0 Å². The largest absolute Gasteiger partial charge is 0.0651 e. The predicted molar refractivity (Wildman–Crippen MR) is 76.2 cm³/mol. The quantitative estimate of drug-likeness (QED) is 0.555. The molecule has 100 valence electrons. The van der Waals surface area contributed by atoms with Crippen LogP contribution in [0.4, 0.5) is 0 Å². The summed E-state index contributed by atoms with van der Waals surface area (Å²) in [6.45, 7) is 2.38. The van der Waals surface area contributed by atoms with Gasteiger partial charge in [-0.15, -0.1) is 0 Å². The van der Waals surface area contributed by atoms with Crippen molar-refractivity contribution in [2.45, 2.75) is 90.4 Å². The molecule has 0 heteroatoms. The number of hydrogen-bond acceptors (Lipinski definition) is 0. The Bertz CT molecular complexity index is 178. The Morgan fingerprint density at radius 1 is 0.588 bits per heavy atom. The van der Waals surface area contributed by atoms with Crippen molar-refractivity contribution >= 4 is 0 Å². The van der Waals surface area contributed by atoms with Gasteiger partial charge in [0.2, 0.25) is 0 Å². The minimum absolute atomic E-state index is 1.07. The fourth-order valence-electron chi connectivity index (χ4n) is 4.20. The van der Waals surface area contributed by atoms with Gasteiger partial charge in [0.25, 0.3) is 0 Å². The summed E-state index contributed by atoms with van der Waals surface area (Å²) in [4.78, 5) is 0. The predicted octanol–water partition coefficient (Wildman–Crippen LogP) is 5.95. The van der Waals surface area contributed by atoms with Crippen molar-refractivity contribution in [1.82, 2.24) is 0 Å². The van der Waals surface area contributed by atoms with E-state index in [0.717, 1.165) is 17.8 Å². The van der Waals surface area contributed by atoms with E-state index in [1.165, 1.54) is 57.8 Å². The molecule has 0 radical (unpaired) electrons. The maximum atomic E-state index is 2.38. The average Bonchev–Trinajstić information content (AvgIpc) is 2.52. The van der Waals surface area contributed by atoms with Crippen molar-refractivity contribution in [1.29, 1.82) is 0 Å². The molecule has 17 heavy (non-hydrogen) atoms. The summed E-state index contributed by atoms with van der Waals surface area (Å²) < 4.78 is 0. The Kier molecular flexibility index (Phi) is 5.88. The van der Waals surface area contributed by atoms with Gasteiger partial charge in [0.05, 0.1) is 0 Å². The molecule has 0 bridgehead atoms. The van der Waals surface area contributed by atoms with E-state index < -0.39 is 0 Å². The zero-order chi connectivity index (χ0) is 11.9. The van der Waals surface area contributed by atoms with Gasteiger partial charge in [0.15, 0.2) is 0 Å². The first-order valence-electron chi connectivity index (χ1n) is 8.40. The van der Waals surface area contributed by atoms with Gasteiger partial charge < -0.3 is 0 Å². The van der Waals surface area contributed by atoms with Crippen LogP contribution in [0, 0.1) is 17.8 Å². The van der Waals surface area contributed by atoms with Crippen LogP contribution in [-0.4, -0.2) is 0 Å². The van der Waals surface area contributed by atoms with Gasteiger partial charge in [-0.05, 0) is 30.6 Å². The molecule has 0 saturated heterocycles. The van der Waals surface area contributed by atoms with Gasteiger partial charge in [-0.25, -0.2) is 0 Å². The van der Waals surface area contributed by atoms with Crippen LogP contribution in [0.2, 0.25) is 0 Å². The zero-order valence-corrected chi connectivity index (χ0v) is 11.9. The monoisotopic (exact) mass is 236 g/mol. The fraction of sp³-hybridized carbons (Fsp3) is 1.00. The molecule has 0 aromatic heterocycles. The zero-order valence-electron chi connectivity index (χ0n) is 11.9. The molecule has 0 nitrogen and oxygen atoms in total. The Labute approximate surface area is 109 Å². The first kappa shape index (κ1) is 13.4. The Morgan fingerprint density at radius 2 is 1.06 bits per heavy atom. The van der Waals surface area contributed by atoms with Crippen LogP contribution in [-0.2, 0) is 0 Å². The maximum absolute atomic E-state index is 2.38. The topological polar surface area (TPSA) is 0 Å². The second kappa shape index (κ2) is 7.44. The highest BCUT2D eigenvalue weighted by Gasteiger charge is 2.26. The van der Waals surface area contributed by atoms with Crippen LogP contribution in [0.1, 0.15) is 90.4 Å². The molecule has 2 aliphatic carbocycles. The molecule has 0 heterocycles. The summed E-state index contributed by atoms with van der Waals surface area (Å²) in [5, 5.41) is 0. The van der Waals surface area contributed by atoms with Crippen LogP contribution in [0.5, 0.6) is 0 Å². The third-order valence-corrected chi connectivity index (χ3v) is 5.54. The molecule has 2 aliphatic rings. The third kappa shape index (κ3) is 4.30. The highest BCUT2D eigenvalue weighted by molar-refractivity contribution is 4.78. The molecule has 0 aliphatic heterocycles. The highest BCUT2D eigenvalue weighted by atomic mass is 14.3. The van der Waals surface area contributed by atoms with E-state index in [1.54, 1.807) is 25.7 Å². The van der Waals surface area contributed by atoms with Crippen molar-refractivity contribution in [2.75, 3.05) is 0 Å². The van der Waals surface area contributed by atoms with Gasteiger partial charge in [-0.3, -0.25) is 0 Å². The van der Waals surface area contributed by atoms with E-state index in [9.17, 15) is 0 Å². The van der Waals surface area contributed by atoms with Crippen LogP contribution in [0.25, 0.3) is 0 Å². The number of rotatable bonds is 2. The van der Waals surface area contributed by atoms with Gasteiger partial charge in [0, 0.05) is 0 Å². The summed E-state index contributed by atoms with van der Waals surface area (Å²) in [5.41, 5.74) is 0. The second-order valence-electron chi connectivity index (χ2n) is 6.65. The third-order valence-electron chi connectivity index (χ3n) is 5.54. The molecule has 0 N–H and O–H groups in total. The van der Waals surface area contributed by atoms with E-state index in [2.05, 4.69) is 6.92 Å². The molecule has 0 amide bonds. The molecule has 0 atom stereocenters. The molecule has 2 saturated carbocycles. The van der Waals surface area contributed by atoms with Crippen molar-refractivity contribution in [3.63, 3.8) is 0 Å². The fourth-order valence-corrected chi connectivity index (χ4v) is 4.20. The Morgan fingerprint density at radius 3 is 1.59 bits per heavy atom. The highest BCUT2D eigenvalue weighted by Crippen LogP contribution is 2.39. The van der Waals surface area contributed by atoms with E-state index in [0.29, 0.717) is 0 Å². The van der Waals surface area contributed by atoms with Gasteiger partial charge in [-0.2, -0.15) is 0 Å². The molecule has 0 spiro atoms. The first-order chi connectivity index (χ1) is 8.40. The van der Waals surface area contributed by atoms with Crippen LogP contribution in [0.15, 0.2) is 0 Å². The Hall–Kier alpha value is 0. The van der Waals surface area contributed by atoms with Crippen molar-refractivity contribution in [3.05, 3.63) is 0 Å². The standard InChI is InChI=1S/C17H32/c1-2-15-11-13-17(14-12-15)16-9-7-5-3-4-6-8-10-16/h15-17H,2-14H2,1H3. The van der Waals surface area contributed by atoms with E-state index in [4.69, 9.17) is 0 Å². The minimum Gasteiger partial charge on any atom is -0.0651 e. The summed E-state index contributed by atoms with van der Waals surface area (Å²) >= 11 is 0. The average molecular weight is 236 g/mol. The van der Waals surface area contributed by atoms with Crippen LogP contribution in [0.3, 0.4) is 0 Å². The lowest BCUT2D eigenvalue weighted by molar-refractivity contribution is 0.181. The number of hydrogen-bond donors (Lipinski definition) is 0. The molecule has 0 aromatic rings. The van der Waals surface area contributed by atoms with Gasteiger partial charge in [0.1, 0.15) is 0 Å². The lowest BCUT2D eigenvalue weighted by Crippen LogP contribution is -2.21. The van der Waals surface area contributed by atoms with Crippen molar-refractivity contribution in [3.8, 4) is 0 Å². The van der Waals surface area contributed by atoms with E-state index in [1.807, 2.05) is 0 Å². The summed E-state index contributed by atoms with van der Waals surface area (Å²) in [6.07, 6.45) is 19.8. The molecule has 0 unspecified atom stereocenters.